The van der Waals surface area contributed by atoms with E-state index in [1.165, 1.54) is 30.6 Å². The minimum Gasteiger partial charge on any atom is -0.471 e. The van der Waals surface area contributed by atoms with E-state index in [1.807, 2.05) is 0 Å². The number of aldehydes is 1. The topological polar surface area (TPSA) is 114 Å². The second-order valence-electron chi connectivity index (χ2n) is 6.33. The van der Waals surface area contributed by atoms with Crippen LogP contribution >= 0.6 is 0 Å². The molecule has 2 heterocycles. The van der Waals surface area contributed by atoms with Crippen LogP contribution in [-0.4, -0.2) is 67.5 Å². The second kappa shape index (κ2) is 15.8. The molecule has 2 aromatic heterocycles. The normalized spacial score (nSPS) is 10.2. The minimum absolute atomic E-state index is 0.00926. The molecule has 0 unspecified atom stereocenters. The van der Waals surface area contributed by atoms with Crippen LogP contribution in [0.3, 0.4) is 0 Å². The maximum atomic E-state index is 12.1. The van der Waals surface area contributed by atoms with Crippen molar-refractivity contribution in [2.24, 2.45) is 0 Å². The van der Waals surface area contributed by atoms with Crippen molar-refractivity contribution in [1.82, 2.24) is 9.97 Å². The van der Waals surface area contributed by atoms with Gasteiger partial charge in [0, 0.05) is 18.0 Å². The third kappa shape index (κ3) is 9.31. The number of carbonyl (C=O) groups is 3. The van der Waals surface area contributed by atoms with Crippen molar-refractivity contribution in [3.05, 3.63) is 53.4 Å². The highest BCUT2D eigenvalue weighted by atomic mass is 19.3. The monoisotopic (exact) mass is 516 g/mol. The van der Waals surface area contributed by atoms with Gasteiger partial charge in [-0.2, -0.15) is 0 Å². The number of aromatic nitrogens is 2. The fourth-order valence-electron chi connectivity index (χ4n) is 2.50. The van der Waals surface area contributed by atoms with Gasteiger partial charge in [-0.15, -0.1) is 0 Å². The van der Waals surface area contributed by atoms with Crippen molar-refractivity contribution in [2.75, 3.05) is 26.4 Å². The Balaban J connectivity index is 0.000000360. The number of hydrogen-bond donors (Lipinski definition) is 0. The quantitative estimate of drug-likeness (QED) is 0.232. The van der Waals surface area contributed by atoms with E-state index in [-0.39, 0.29) is 41.7 Å². The Hall–Kier alpha value is -4.03. The third-order valence-electron chi connectivity index (χ3n) is 3.89. The van der Waals surface area contributed by atoms with Crippen LogP contribution in [0.4, 0.5) is 17.6 Å². The number of pyridine rings is 2. The van der Waals surface area contributed by atoms with Gasteiger partial charge in [-0.3, -0.25) is 4.79 Å². The first-order chi connectivity index (χ1) is 17.2. The average molecular weight is 516 g/mol. The van der Waals surface area contributed by atoms with Crippen LogP contribution in [0.1, 0.15) is 50.5 Å². The van der Waals surface area contributed by atoms with E-state index in [2.05, 4.69) is 21.3 Å². The summed E-state index contributed by atoms with van der Waals surface area (Å²) >= 11 is 0. The molecular weight excluding hydrogens is 492 g/mol. The van der Waals surface area contributed by atoms with Crippen LogP contribution < -0.4 is 9.47 Å². The van der Waals surface area contributed by atoms with E-state index in [4.69, 9.17) is 14.2 Å². The minimum atomic E-state index is -2.71. The number of ether oxygens (including phenoxy) is 4. The lowest BCUT2D eigenvalue weighted by atomic mass is 10.1. The molecule has 36 heavy (non-hydrogen) atoms. The van der Waals surface area contributed by atoms with Crippen molar-refractivity contribution >= 4 is 24.3 Å². The van der Waals surface area contributed by atoms with Gasteiger partial charge >= 0.3 is 11.9 Å². The number of nitrogens with zero attached hydrogens (tertiary/aromatic N) is 2. The van der Waals surface area contributed by atoms with Gasteiger partial charge < -0.3 is 18.9 Å². The molecule has 0 amide bonds. The van der Waals surface area contributed by atoms with Crippen molar-refractivity contribution in [2.45, 2.75) is 26.7 Å². The number of rotatable bonds is 12. The summed E-state index contributed by atoms with van der Waals surface area (Å²) in [7, 11) is 0. The zero-order chi connectivity index (χ0) is 27.1. The summed E-state index contributed by atoms with van der Waals surface area (Å²) in [5.74, 6) is -2.02. The van der Waals surface area contributed by atoms with Gasteiger partial charge in [0.15, 0.2) is 19.5 Å². The van der Waals surface area contributed by atoms with E-state index in [9.17, 15) is 31.9 Å². The molecule has 0 aromatic carbocycles. The molecule has 0 aliphatic heterocycles. The molecule has 0 fully saturated rings. The third-order valence-corrected chi connectivity index (χ3v) is 3.89. The molecule has 0 radical (unpaired) electrons. The first-order valence-corrected chi connectivity index (χ1v) is 10.4. The molecule has 13 heteroatoms. The molecule has 0 N–H and O–H groups in total. The van der Waals surface area contributed by atoms with Crippen molar-refractivity contribution in [3.8, 4) is 11.8 Å². The van der Waals surface area contributed by atoms with Crippen LogP contribution in [0.5, 0.6) is 11.8 Å². The summed E-state index contributed by atoms with van der Waals surface area (Å²) in [5.41, 5.74) is 0.172. The van der Waals surface area contributed by atoms with Gasteiger partial charge in [0.05, 0.1) is 13.2 Å². The van der Waals surface area contributed by atoms with Crippen molar-refractivity contribution in [3.63, 3.8) is 0 Å². The summed E-state index contributed by atoms with van der Waals surface area (Å²) in [6.45, 7) is 5.25. The molecule has 2 rings (SSSR count). The summed E-state index contributed by atoms with van der Waals surface area (Å²) < 4.78 is 67.3. The predicted octanol–water partition coefficient (Wildman–Crippen LogP) is 4.26. The Morgan fingerprint density at radius 3 is 1.64 bits per heavy atom. The summed E-state index contributed by atoms with van der Waals surface area (Å²) in [6.07, 6.45) is -1.00. The number of hydrogen-bond acceptors (Lipinski definition) is 9. The van der Waals surface area contributed by atoms with Crippen LogP contribution in [0.15, 0.2) is 31.1 Å². The highest BCUT2D eigenvalue weighted by Crippen LogP contribution is 2.22. The Bertz CT molecular complexity index is 954. The lowest BCUT2D eigenvalue weighted by Gasteiger charge is -2.11. The molecule has 0 saturated heterocycles. The zero-order valence-electron chi connectivity index (χ0n) is 19.4. The standard InChI is InChI=1S/C12H13F2NO3.C11H11F2NO4/c1-3-8-5-6-15-11(18-7-9(13)14)10(8)12(16)17-4-2;1-2-17-11(16)9-7(5-15)3-4-14-10(9)18-6-8(12)13/h3,5-6,9H,1,4,7H2,2H3;3-5,8H,2,6H2,1H3. The van der Waals surface area contributed by atoms with E-state index >= 15 is 0 Å². The van der Waals surface area contributed by atoms with Gasteiger partial charge in [-0.1, -0.05) is 12.7 Å². The van der Waals surface area contributed by atoms with Gasteiger partial charge in [-0.05, 0) is 31.5 Å². The largest absolute Gasteiger partial charge is 0.471 e. The summed E-state index contributed by atoms with van der Waals surface area (Å²) in [4.78, 5) is 41.5. The van der Waals surface area contributed by atoms with E-state index in [0.717, 1.165) is 0 Å². The Labute approximate surface area is 204 Å². The molecule has 0 atom stereocenters. The van der Waals surface area contributed by atoms with Crippen LogP contribution in [0, 0.1) is 0 Å². The first-order valence-electron chi connectivity index (χ1n) is 10.4. The lowest BCUT2D eigenvalue weighted by molar-refractivity contribution is 0.0496. The Morgan fingerprint density at radius 1 is 0.861 bits per heavy atom. The van der Waals surface area contributed by atoms with Gasteiger partial charge in [0.2, 0.25) is 11.8 Å². The number of carbonyl (C=O) groups excluding carboxylic acids is 3. The van der Waals surface area contributed by atoms with Crippen LogP contribution in [-0.2, 0) is 9.47 Å². The fourth-order valence-corrected chi connectivity index (χ4v) is 2.50. The van der Waals surface area contributed by atoms with E-state index < -0.39 is 38.0 Å². The Morgan fingerprint density at radius 2 is 1.28 bits per heavy atom. The average Bonchev–Trinajstić information content (AvgIpc) is 2.86. The number of alkyl halides is 4. The molecule has 0 saturated carbocycles. The van der Waals surface area contributed by atoms with Gasteiger partial charge in [-0.25, -0.2) is 37.1 Å². The van der Waals surface area contributed by atoms with Gasteiger partial charge in [0.1, 0.15) is 11.1 Å². The highest BCUT2D eigenvalue weighted by Gasteiger charge is 2.21. The second-order valence-corrected chi connectivity index (χ2v) is 6.33. The van der Waals surface area contributed by atoms with Gasteiger partial charge in [0.25, 0.3) is 12.9 Å². The molecule has 196 valence electrons. The Kier molecular flexibility index (Phi) is 13.2. The lowest BCUT2D eigenvalue weighted by Crippen LogP contribution is -2.15. The highest BCUT2D eigenvalue weighted by molar-refractivity contribution is 6.00. The molecule has 0 aliphatic carbocycles. The smallest absolute Gasteiger partial charge is 0.344 e. The molecule has 0 spiro atoms. The molecule has 0 bridgehead atoms. The number of halogens is 4. The first kappa shape index (κ1) is 30.0. The van der Waals surface area contributed by atoms with Crippen LogP contribution in [0.2, 0.25) is 0 Å². The van der Waals surface area contributed by atoms with Crippen LogP contribution in [0.25, 0.3) is 6.08 Å². The molecule has 0 aliphatic rings. The summed E-state index contributed by atoms with van der Waals surface area (Å²) in [6, 6.07) is 2.79. The molecular formula is C23H24F4N2O7. The molecule has 2 aromatic rings. The maximum absolute atomic E-state index is 12.1. The fraction of sp³-hybridized carbons (Fsp3) is 0.348. The number of esters is 2. The summed E-state index contributed by atoms with van der Waals surface area (Å²) in [5, 5.41) is 0. The van der Waals surface area contributed by atoms with Crippen molar-refractivity contribution < 1.29 is 50.9 Å². The maximum Gasteiger partial charge on any atom is 0.344 e. The zero-order valence-corrected chi connectivity index (χ0v) is 19.4. The van der Waals surface area contributed by atoms with E-state index in [1.54, 1.807) is 13.8 Å². The predicted molar refractivity (Wildman–Crippen MR) is 119 cm³/mol. The molecule has 9 nitrogen and oxygen atoms in total. The SMILES string of the molecule is C=Cc1ccnc(OCC(F)F)c1C(=O)OCC.CCOC(=O)c1c(C=O)ccnc1OCC(F)F. The van der Waals surface area contributed by atoms with E-state index in [0.29, 0.717) is 11.8 Å². The van der Waals surface area contributed by atoms with Crippen molar-refractivity contribution in [1.29, 1.82) is 0 Å².